The van der Waals surface area contributed by atoms with Crippen molar-refractivity contribution >= 4 is 10.0 Å². The Bertz CT molecular complexity index is 539. The van der Waals surface area contributed by atoms with Gasteiger partial charge in [0.2, 0.25) is 10.0 Å². The molecule has 0 aliphatic heterocycles. The molecule has 6 heteroatoms. The van der Waals surface area contributed by atoms with Crippen LogP contribution >= 0.6 is 0 Å². The highest BCUT2D eigenvalue weighted by Crippen LogP contribution is 2.28. The summed E-state index contributed by atoms with van der Waals surface area (Å²) in [6.45, 7) is 2.13. The van der Waals surface area contributed by atoms with E-state index in [0.29, 0.717) is 11.5 Å². The van der Waals surface area contributed by atoms with Gasteiger partial charge in [-0.2, -0.15) is 0 Å². The largest absolute Gasteiger partial charge is 0.326 e. The normalized spacial score (nSPS) is 23.7. The van der Waals surface area contributed by atoms with Crippen molar-refractivity contribution in [1.29, 1.82) is 0 Å². The molecule has 0 spiro atoms. The van der Waals surface area contributed by atoms with E-state index in [1.165, 1.54) is 12.1 Å². The summed E-state index contributed by atoms with van der Waals surface area (Å²) in [5.41, 5.74) is 5.91. The van der Waals surface area contributed by atoms with Crippen LogP contribution in [0.5, 0.6) is 0 Å². The number of rotatable bonds is 4. The molecule has 0 unspecified atom stereocenters. The molecule has 1 fully saturated rings. The Kier molecular flexibility index (Phi) is 3.70. The van der Waals surface area contributed by atoms with E-state index in [0.717, 1.165) is 18.9 Å². The van der Waals surface area contributed by atoms with Crippen molar-refractivity contribution in [2.75, 3.05) is 0 Å². The van der Waals surface area contributed by atoms with Crippen LogP contribution in [0, 0.1) is 11.7 Å². The summed E-state index contributed by atoms with van der Waals surface area (Å²) in [7, 11) is -3.68. The van der Waals surface area contributed by atoms with Crippen molar-refractivity contribution in [2.24, 2.45) is 11.7 Å². The Morgan fingerprint density at radius 2 is 2.11 bits per heavy atom. The van der Waals surface area contributed by atoms with E-state index < -0.39 is 15.8 Å². The van der Waals surface area contributed by atoms with Gasteiger partial charge in [0.05, 0.1) is 4.90 Å². The molecule has 1 aliphatic rings. The van der Waals surface area contributed by atoms with E-state index in [1.54, 1.807) is 0 Å². The van der Waals surface area contributed by atoms with E-state index in [2.05, 4.69) is 11.6 Å². The summed E-state index contributed by atoms with van der Waals surface area (Å²) in [5.74, 6) is -0.0336. The standard InChI is InChI=1S/C12H17FN2O2S/c1-8-4-11(5-8)15-18(16,17)12-6-10(13)3-2-9(12)7-14/h2-3,6,8,11,15H,4-5,7,14H2,1H3. The first-order valence-corrected chi connectivity index (χ1v) is 7.41. The summed E-state index contributed by atoms with van der Waals surface area (Å²) in [5, 5.41) is 0. The summed E-state index contributed by atoms with van der Waals surface area (Å²) in [6, 6.07) is 3.60. The maximum Gasteiger partial charge on any atom is 0.241 e. The molecule has 1 aliphatic carbocycles. The van der Waals surface area contributed by atoms with Crippen LogP contribution < -0.4 is 10.5 Å². The van der Waals surface area contributed by atoms with Gasteiger partial charge in [0, 0.05) is 12.6 Å². The van der Waals surface area contributed by atoms with Gasteiger partial charge in [0.1, 0.15) is 5.82 Å². The van der Waals surface area contributed by atoms with E-state index in [-0.39, 0.29) is 17.5 Å². The molecule has 0 bridgehead atoms. The van der Waals surface area contributed by atoms with Crippen LogP contribution in [0.15, 0.2) is 23.1 Å². The van der Waals surface area contributed by atoms with Gasteiger partial charge >= 0.3 is 0 Å². The third-order valence-electron chi connectivity index (χ3n) is 3.23. The van der Waals surface area contributed by atoms with Gasteiger partial charge in [-0.3, -0.25) is 0 Å². The Morgan fingerprint density at radius 1 is 1.44 bits per heavy atom. The third kappa shape index (κ3) is 2.71. The Labute approximate surface area is 106 Å². The first kappa shape index (κ1) is 13.5. The zero-order chi connectivity index (χ0) is 13.3. The fourth-order valence-corrected chi connectivity index (χ4v) is 3.75. The minimum Gasteiger partial charge on any atom is -0.326 e. The first-order valence-electron chi connectivity index (χ1n) is 5.93. The average molecular weight is 272 g/mol. The van der Waals surface area contributed by atoms with Crippen LogP contribution in [0.25, 0.3) is 0 Å². The van der Waals surface area contributed by atoms with Crippen LogP contribution in [-0.4, -0.2) is 14.5 Å². The highest BCUT2D eigenvalue weighted by Gasteiger charge is 2.30. The van der Waals surface area contributed by atoms with Gasteiger partial charge in [0.25, 0.3) is 0 Å². The maximum atomic E-state index is 13.2. The van der Waals surface area contributed by atoms with E-state index in [9.17, 15) is 12.8 Å². The van der Waals surface area contributed by atoms with Gasteiger partial charge in [-0.1, -0.05) is 13.0 Å². The molecule has 1 aromatic rings. The zero-order valence-corrected chi connectivity index (χ0v) is 11.0. The smallest absolute Gasteiger partial charge is 0.241 e. The Balaban J connectivity index is 2.26. The van der Waals surface area contributed by atoms with Gasteiger partial charge in [-0.25, -0.2) is 17.5 Å². The molecule has 18 heavy (non-hydrogen) atoms. The van der Waals surface area contributed by atoms with Crippen LogP contribution in [0.1, 0.15) is 25.3 Å². The molecule has 100 valence electrons. The zero-order valence-electron chi connectivity index (χ0n) is 10.2. The summed E-state index contributed by atoms with van der Waals surface area (Å²) >= 11 is 0. The molecule has 2 rings (SSSR count). The quantitative estimate of drug-likeness (QED) is 0.869. The Hall–Kier alpha value is -0.980. The summed E-state index contributed by atoms with van der Waals surface area (Å²) in [6.07, 6.45) is 1.65. The van der Waals surface area contributed by atoms with Crippen LogP contribution in [0.3, 0.4) is 0 Å². The van der Waals surface area contributed by atoms with E-state index in [1.807, 2.05) is 0 Å². The van der Waals surface area contributed by atoms with Crippen LogP contribution in [0.2, 0.25) is 0 Å². The second-order valence-corrected chi connectivity index (χ2v) is 6.53. The lowest BCUT2D eigenvalue weighted by Crippen LogP contribution is -2.43. The minimum absolute atomic E-state index is 0.0427. The predicted octanol–water partition coefficient (Wildman–Crippen LogP) is 1.36. The number of halogens is 1. The molecule has 0 aromatic heterocycles. The third-order valence-corrected chi connectivity index (χ3v) is 4.84. The number of hydrogen-bond acceptors (Lipinski definition) is 3. The molecule has 4 nitrogen and oxygen atoms in total. The van der Waals surface area contributed by atoms with Crippen molar-refractivity contribution in [3.05, 3.63) is 29.6 Å². The predicted molar refractivity (Wildman–Crippen MR) is 66.8 cm³/mol. The number of hydrogen-bond donors (Lipinski definition) is 2. The fraction of sp³-hybridized carbons (Fsp3) is 0.500. The SMILES string of the molecule is CC1CC(NS(=O)(=O)c2cc(F)ccc2CN)C1. The molecule has 0 radical (unpaired) electrons. The van der Waals surface area contributed by atoms with E-state index >= 15 is 0 Å². The molecule has 0 amide bonds. The lowest BCUT2D eigenvalue weighted by Gasteiger charge is -2.33. The van der Waals surface area contributed by atoms with Gasteiger partial charge in [-0.15, -0.1) is 0 Å². The van der Waals surface area contributed by atoms with Gasteiger partial charge in [0.15, 0.2) is 0 Å². The maximum absolute atomic E-state index is 13.2. The molecule has 0 atom stereocenters. The molecule has 3 N–H and O–H groups in total. The summed E-state index contributed by atoms with van der Waals surface area (Å²) < 4.78 is 40.0. The van der Waals surface area contributed by atoms with Crippen LogP contribution in [0.4, 0.5) is 4.39 Å². The lowest BCUT2D eigenvalue weighted by atomic mass is 9.83. The number of benzene rings is 1. The number of nitrogens with two attached hydrogens (primary N) is 1. The van der Waals surface area contributed by atoms with Gasteiger partial charge in [-0.05, 0) is 36.5 Å². The van der Waals surface area contributed by atoms with Crippen molar-refractivity contribution in [1.82, 2.24) is 4.72 Å². The van der Waals surface area contributed by atoms with Gasteiger partial charge < -0.3 is 5.73 Å². The Morgan fingerprint density at radius 3 is 2.67 bits per heavy atom. The monoisotopic (exact) mass is 272 g/mol. The molecule has 1 saturated carbocycles. The topological polar surface area (TPSA) is 72.2 Å². The number of nitrogens with one attached hydrogen (secondary N) is 1. The van der Waals surface area contributed by atoms with E-state index in [4.69, 9.17) is 5.73 Å². The lowest BCUT2D eigenvalue weighted by molar-refractivity contribution is 0.270. The average Bonchev–Trinajstić information content (AvgIpc) is 2.26. The van der Waals surface area contributed by atoms with Crippen molar-refractivity contribution < 1.29 is 12.8 Å². The highest BCUT2D eigenvalue weighted by atomic mass is 32.2. The fourth-order valence-electron chi connectivity index (χ4n) is 2.23. The molecular formula is C12H17FN2O2S. The van der Waals surface area contributed by atoms with Crippen LogP contribution in [-0.2, 0) is 16.6 Å². The molecular weight excluding hydrogens is 255 g/mol. The number of sulfonamides is 1. The van der Waals surface area contributed by atoms with Crippen molar-refractivity contribution in [2.45, 2.75) is 37.2 Å². The van der Waals surface area contributed by atoms with Crippen molar-refractivity contribution in [3.8, 4) is 0 Å². The first-order chi connectivity index (χ1) is 8.42. The molecule has 0 heterocycles. The second kappa shape index (κ2) is 4.95. The molecule has 1 aromatic carbocycles. The second-order valence-electron chi connectivity index (χ2n) is 4.85. The highest BCUT2D eigenvalue weighted by molar-refractivity contribution is 7.89. The van der Waals surface area contributed by atoms with Crippen molar-refractivity contribution in [3.63, 3.8) is 0 Å². The summed E-state index contributed by atoms with van der Waals surface area (Å²) in [4.78, 5) is -0.0513. The minimum atomic E-state index is -3.68. The molecule has 0 saturated heterocycles.